The SMILES string of the molecule is Nc1cnc(Nc2ccc(I)cc2)cn1. The molecule has 3 N–H and O–H groups in total. The molecule has 0 fully saturated rings. The van der Waals surface area contributed by atoms with E-state index in [9.17, 15) is 0 Å². The van der Waals surface area contributed by atoms with Crippen LogP contribution in [0.1, 0.15) is 0 Å². The minimum Gasteiger partial charge on any atom is -0.382 e. The van der Waals surface area contributed by atoms with E-state index in [0.717, 1.165) is 5.69 Å². The number of hydrogen-bond acceptors (Lipinski definition) is 4. The first-order valence-electron chi connectivity index (χ1n) is 4.34. The van der Waals surface area contributed by atoms with Crippen LogP contribution in [-0.4, -0.2) is 9.97 Å². The summed E-state index contributed by atoms with van der Waals surface area (Å²) in [5, 5.41) is 3.13. The number of halogens is 1. The van der Waals surface area contributed by atoms with Crippen molar-refractivity contribution < 1.29 is 0 Å². The van der Waals surface area contributed by atoms with Gasteiger partial charge in [0.1, 0.15) is 11.6 Å². The van der Waals surface area contributed by atoms with Crippen LogP contribution < -0.4 is 11.1 Å². The van der Waals surface area contributed by atoms with Crippen LogP contribution in [0.5, 0.6) is 0 Å². The molecule has 0 saturated carbocycles. The summed E-state index contributed by atoms with van der Waals surface area (Å²) in [5.74, 6) is 1.11. The fourth-order valence-corrected chi connectivity index (χ4v) is 1.44. The number of benzene rings is 1. The Hall–Kier alpha value is -1.37. The van der Waals surface area contributed by atoms with E-state index in [1.165, 1.54) is 9.77 Å². The maximum Gasteiger partial charge on any atom is 0.149 e. The Bertz CT molecular complexity index is 394. The van der Waals surface area contributed by atoms with Crippen LogP contribution in [0.3, 0.4) is 0 Å². The molecule has 1 aromatic carbocycles. The lowest BCUT2D eigenvalue weighted by Gasteiger charge is -2.04. The van der Waals surface area contributed by atoms with Gasteiger partial charge in [-0.3, -0.25) is 0 Å². The third-order valence-electron chi connectivity index (χ3n) is 1.79. The van der Waals surface area contributed by atoms with Gasteiger partial charge in [0.25, 0.3) is 0 Å². The van der Waals surface area contributed by atoms with E-state index in [1.54, 1.807) is 6.20 Å². The molecule has 4 nitrogen and oxygen atoms in total. The van der Waals surface area contributed by atoms with Crippen LogP contribution >= 0.6 is 22.6 Å². The average molecular weight is 312 g/mol. The zero-order valence-electron chi connectivity index (χ0n) is 7.81. The fraction of sp³-hybridized carbons (Fsp3) is 0. The Labute approximate surface area is 101 Å². The van der Waals surface area contributed by atoms with Gasteiger partial charge >= 0.3 is 0 Å². The molecular weight excluding hydrogens is 303 g/mol. The number of aromatic nitrogens is 2. The van der Waals surface area contributed by atoms with E-state index in [0.29, 0.717) is 11.6 Å². The second-order valence-electron chi connectivity index (χ2n) is 2.96. The summed E-state index contributed by atoms with van der Waals surface area (Å²) in [5.41, 5.74) is 6.42. The summed E-state index contributed by atoms with van der Waals surface area (Å²) in [4.78, 5) is 8.04. The van der Waals surface area contributed by atoms with Gasteiger partial charge in [0.05, 0.1) is 12.4 Å². The molecule has 1 heterocycles. The van der Waals surface area contributed by atoms with Gasteiger partial charge in [0, 0.05) is 9.26 Å². The molecule has 1 aromatic heterocycles. The van der Waals surface area contributed by atoms with Gasteiger partial charge in [-0.05, 0) is 46.9 Å². The third kappa shape index (κ3) is 2.79. The average Bonchev–Trinajstić information content (AvgIpc) is 2.25. The molecule has 0 bridgehead atoms. The van der Waals surface area contributed by atoms with E-state index in [-0.39, 0.29) is 0 Å². The largest absolute Gasteiger partial charge is 0.382 e. The zero-order chi connectivity index (χ0) is 10.7. The number of rotatable bonds is 2. The topological polar surface area (TPSA) is 63.8 Å². The van der Waals surface area contributed by atoms with E-state index < -0.39 is 0 Å². The molecule has 0 aliphatic carbocycles. The predicted octanol–water partition coefficient (Wildman–Crippen LogP) is 2.41. The molecule has 0 saturated heterocycles. The number of nitrogens with one attached hydrogen (secondary N) is 1. The van der Waals surface area contributed by atoms with E-state index in [1.807, 2.05) is 24.3 Å². The quantitative estimate of drug-likeness (QED) is 0.836. The highest BCUT2D eigenvalue weighted by Crippen LogP contribution is 2.15. The number of anilines is 3. The molecule has 0 spiro atoms. The lowest BCUT2D eigenvalue weighted by Crippen LogP contribution is -1.96. The Morgan fingerprint density at radius 1 is 1.07 bits per heavy atom. The third-order valence-corrected chi connectivity index (χ3v) is 2.51. The second kappa shape index (κ2) is 4.43. The highest BCUT2D eigenvalue weighted by atomic mass is 127. The van der Waals surface area contributed by atoms with Gasteiger partial charge in [0.2, 0.25) is 0 Å². The van der Waals surface area contributed by atoms with Crippen LogP contribution in [-0.2, 0) is 0 Å². The molecule has 2 aromatic rings. The van der Waals surface area contributed by atoms with Crippen LogP contribution in [0.2, 0.25) is 0 Å². The molecule has 2 rings (SSSR count). The summed E-state index contributed by atoms with van der Waals surface area (Å²) in [6.07, 6.45) is 3.13. The van der Waals surface area contributed by atoms with Crippen LogP contribution in [0, 0.1) is 3.57 Å². The summed E-state index contributed by atoms with van der Waals surface area (Å²) in [6, 6.07) is 8.01. The van der Waals surface area contributed by atoms with E-state index in [2.05, 4.69) is 37.9 Å². The van der Waals surface area contributed by atoms with Gasteiger partial charge < -0.3 is 11.1 Å². The summed E-state index contributed by atoms with van der Waals surface area (Å²) < 4.78 is 1.20. The Morgan fingerprint density at radius 2 is 1.80 bits per heavy atom. The molecule has 15 heavy (non-hydrogen) atoms. The summed E-state index contributed by atoms with van der Waals surface area (Å²) in [6.45, 7) is 0. The van der Waals surface area contributed by atoms with Crippen LogP contribution in [0.25, 0.3) is 0 Å². The maximum absolute atomic E-state index is 5.44. The van der Waals surface area contributed by atoms with Crippen molar-refractivity contribution in [3.8, 4) is 0 Å². The summed E-state index contributed by atoms with van der Waals surface area (Å²) in [7, 11) is 0. The monoisotopic (exact) mass is 312 g/mol. The molecule has 76 valence electrons. The fourth-order valence-electron chi connectivity index (χ4n) is 1.08. The standard InChI is InChI=1S/C10H9IN4/c11-7-1-3-8(4-2-7)15-10-6-13-9(12)5-14-10/h1-6H,(H2,12,13)(H,14,15). The first-order chi connectivity index (χ1) is 7.24. The molecule has 5 heteroatoms. The molecule has 0 aliphatic rings. The second-order valence-corrected chi connectivity index (χ2v) is 4.20. The first-order valence-corrected chi connectivity index (χ1v) is 5.42. The van der Waals surface area contributed by atoms with Crippen molar-refractivity contribution in [2.24, 2.45) is 0 Å². The van der Waals surface area contributed by atoms with Gasteiger partial charge in [-0.25, -0.2) is 9.97 Å². The predicted molar refractivity (Wildman–Crippen MR) is 68.9 cm³/mol. The number of nitrogens with zero attached hydrogens (tertiary/aromatic N) is 2. The van der Waals surface area contributed by atoms with Crippen molar-refractivity contribution in [2.75, 3.05) is 11.1 Å². The molecule has 0 amide bonds. The van der Waals surface area contributed by atoms with Crippen molar-refractivity contribution in [1.82, 2.24) is 9.97 Å². The van der Waals surface area contributed by atoms with Crippen molar-refractivity contribution in [3.63, 3.8) is 0 Å². The van der Waals surface area contributed by atoms with Crippen molar-refractivity contribution in [3.05, 3.63) is 40.2 Å². The van der Waals surface area contributed by atoms with Crippen molar-refractivity contribution in [1.29, 1.82) is 0 Å². The molecule has 0 radical (unpaired) electrons. The van der Waals surface area contributed by atoms with Crippen molar-refractivity contribution >= 4 is 39.9 Å². The van der Waals surface area contributed by atoms with E-state index >= 15 is 0 Å². The minimum absolute atomic E-state index is 0.420. The van der Waals surface area contributed by atoms with Gasteiger partial charge in [-0.2, -0.15) is 0 Å². The number of nitrogen functional groups attached to an aromatic ring is 1. The zero-order valence-corrected chi connectivity index (χ0v) is 9.97. The number of nitrogens with two attached hydrogens (primary N) is 1. The Morgan fingerprint density at radius 3 is 2.40 bits per heavy atom. The number of hydrogen-bond donors (Lipinski definition) is 2. The molecular formula is C10H9IN4. The smallest absolute Gasteiger partial charge is 0.149 e. The van der Waals surface area contributed by atoms with Gasteiger partial charge in [-0.1, -0.05) is 0 Å². The molecule has 0 atom stereocenters. The highest BCUT2D eigenvalue weighted by Gasteiger charge is 1.96. The Kier molecular flexibility index (Phi) is 3.00. The van der Waals surface area contributed by atoms with Crippen molar-refractivity contribution in [2.45, 2.75) is 0 Å². The molecule has 0 unspecified atom stereocenters. The lowest BCUT2D eigenvalue weighted by atomic mass is 10.3. The first kappa shape index (κ1) is 10.2. The maximum atomic E-state index is 5.44. The minimum atomic E-state index is 0.420. The van der Waals surface area contributed by atoms with Gasteiger partial charge in [0.15, 0.2) is 0 Å². The highest BCUT2D eigenvalue weighted by molar-refractivity contribution is 14.1. The lowest BCUT2D eigenvalue weighted by molar-refractivity contribution is 1.21. The Balaban J connectivity index is 2.15. The van der Waals surface area contributed by atoms with E-state index in [4.69, 9.17) is 5.73 Å². The van der Waals surface area contributed by atoms with Crippen LogP contribution in [0.4, 0.5) is 17.3 Å². The normalized spacial score (nSPS) is 9.93. The van der Waals surface area contributed by atoms with Crippen LogP contribution in [0.15, 0.2) is 36.7 Å². The summed E-state index contributed by atoms with van der Waals surface area (Å²) >= 11 is 2.26. The molecule has 0 aliphatic heterocycles. The van der Waals surface area contributed by atoms with Gasteiger partial charge in [-0.15, -0.1) is 0 Å².